The zero-order chi connectivity index (χ0) is 19.0. The SMILES string of the molecule is Cc1ccccc1-n1ncc(C(=O)NCC23CCCN2CCC3)c1C(F)F. The largest absolute Gasteiger partial charge is 0.350 e. The van der Waals surface area contributed by atoms with Crippen LogP contribution in [0.25, 0.3) is 5.69 Å². The summed E-state index contributed by atoms with van der Waals surface area (Å²) in [6, 6.07) is 7.17. The van der Waals surface area contributed by atoms with Gasteiger partial charge in [0.2, 0.25) is 0 Å². The van der Waals surface area contributed by atoms with Gasteiger partial charge in [-0.2, -0.15) is 5.10 Å². The van der Waals surface area contributed by atoms with Crippen LogP contribution in [-0.4, -0.2) is 45.8 Å². The van der Waals surface area contributed by atoms with E-state index in [1.54, 1.807) is 12.1 Å². The first-order chi connectivity index (χ1) is 13.0. The topological polar surface area (TPSA) is 50.2 Å². The standard InChI is InChI=1S/C20H24F2N4O/c1-14-6-2-3-7-16(14)26-17(18(21)22)15(12-24-26)19(27)23-13-20-8-4-10-25(20)11-5-9-20/h2-3,6-7,12,18H,4-5,8-11,13H2,1H3,(H,23,27). The van der Waals surface area contributed by atoms with Crippen LogP contribution >= 0.6 is 0 Å². The Morgan fingerprint density at radius 1 is 1.26 bits per heavy atom. The number of para-hydroxylation sites is 1. The van der Waals surface area contributed by atoms with Gasteiger partial charge in [-0.05, 0) is 57.3 Å². The van der Waals surface area contributed by atoms with Gasteiger partial charge < -0.3 is 5.32 Å². The first-order valence-electron chi connectivity index (χ1n) is 9.47. The third kappa shape index (κ3) is 3.14. The van der Waals surface area contributed by atoms with Gasteiger partial charge >= 0.3 is 0 Å². The van der Waals surface area contributed by atoms with Crippen molar-refractivity contribution >= 4 is 5.91 Å². The molecule has 2 aliphatic rings. The fraction of sp³-hybridized carbons (Fsp3) is 0.500. The van der Waals surface area contributed by atoms with Crippen molar-refractivity contribution in [3.05, 3.63) is 47.3 Å². The normalized spacial score (nSPS) is 18.8. The predicted molar refractivity (Wildman–Crippen MR) is 98.4 cm³/mol. The molecule has 144 valence electrons. The smallest absolute Gasteiger partial charge is 0.281 e. The Balaban J connectivity index is 1.58. The van der Waals surface area contributed by atoms with Crippen LogP contribution in [0.2, 0.25) is 0 Å². The zero-order valence-corrected chi connectivity index (χ0v) is 15.4. The highest BCUT2D eigenvalue weighted by atomic mass is 19.3. The van der Waals surface area contributed by atoms with Crippen molar-refractivity contribution in [3.8, 4) is 5.69 Å². The zero-order valence-electron chi connectivity index (χ0n) is 15.4. The molecular weight excluding hydrogens is 350 g/mol. The van der Waals surface area contributed by atoms with Crippen molar-refractivity contribution in [2.75, 3.05) is 19.6 Å². The summed E-state index contributed by atoms with van der Waals surface area (Å²) < 4.78 is 28.8. The lowest BCUT2D eigenvalue weighted by Crippen LogP contribution is -2.48. The van der Waals surface area contributed by atoms with Gasteiger partial charge in [-0.15, -0.1) is 0 Å². The molecule has 2 fully saturated rings. The minimum absolute atomic E-state index is 0.00661. The number of hydrogen-bond donors (Lipinski definition) is 1. The number of rotatable bonds is 5. The van der Waals surface area contributed by atoms with E-state index < -0.39 is 12.3 Å². The fourth-order valence-corrected chi connectivity index (χ4v) is 4.59. The number of alkyl halides is 2. The molecule has 0 spiro atoms. The number of fused-ring (bicyclic) bond motifs is 1. The molecule has 1 aromatic carbocycles. The molecule has 2 aromatic rings. The second-order valence-electron chi connectivity index (χ2n) is 7.54. The highest BCUT2D eigenvalue weighted by molar-refractivity contribution is 5.95. The lowest BCUT2D eigenvalue weighted by Gasteiger charge is -2.32. The minimum Gasteiger partial charge on any atom is -0.350 e. The van der Waals surface area contributed by atoms with Crippen molar-refractivity contribution in [2.24, 2.45) is 0 Å². The second-order valence-corrected chi connectivity index (χ2v) is 7.54. The van der Waals surface area contributed by atoms with Crippen molar-refractivity contribution in [1.29, 1.82) is 0 Å². The Kier molecular flexibility index (Phi) is 4.72. The summed E-state index contributed by atoms with van der Waals surface area (Å²) in [6.45, 7) is 4.46. The van der Waals surface area contributed by atoms with Crippen molar-refractivity contribution < 1.29 is 13.6 Å². The van der Waals surface area contributed by atoms with Crippen molar-refractivity contribution in [2.45, 2.75) is 44.6 Å². The number of amides is 1. The molecule has 0 saturated carbocycles. The summed E-state index contributed by atoms with van der Waals surface area (Å²) in [5, 5.41) is 7.01. The molecule has 0 radical (unpaired) electrons. The molecule has 0 bridgehead atoms. The number of benzene rings is 1. The van der Waals surface area contributed by atoms with Crippen LogP contribution in [0.15, 0.2) is 30.5 Å². The van der Waals surface area contributed by atoms with E-state index in [0.29, 0.717) is 12.2 Å². The summed E-state index contributed by atoms with van der Waals surface area (Å²) in [4.78, 5) is 15.2. The van der Waals surface area contributed by atoms with E-state index in [9.17, 15) is 13.6 Å². The Labute approximate surface area is 157 Å². The number of carbonyl (C=O) groups excluding carboxylic acids is 1. The lowest BCUT2D eigenvalue weighted by molar-refractivity contribution is 0.0904. The van der Waals surface area contributed by atoms with Gasteiger partial charge in [-0.3, -0.25) is 9.69 Å². The third-order valence-corrected chi connectivity index (χ3v) is 5.99. The van der Waals surface area contributed by atoms with Crippen molar-refractivity contribution in [3.63, 3.8) is 0 Å². The summed E-state index contributed by atoms with van der Waals surface area (Å²) in [5.74, 6) is -0.474. The summed E-state index contributed by atoms with van der Waals surface area (Å²) in [7, 11) is 0. The van der Waals surface area contributed by atoms with Gasteiger partial charge in [0.1, 0.15) is 5.69 Å². The van der Waals surface area contributed by atoms with Gasteiger partial charge in [-0.25, -0.2) is 13.5 Å². The van der Waals surface area contributed by atoms with E-state index >= 15 is 0 Å². The van der Waals surface area contributed by atoms with Crippen LogP contribution in [0, 0.1) is 6.92 Å². The van der Waals surface area contributed by atoms with Crippen LogP contribution in [-0.2, 0) is 0 Å². The molecule has 2 saturated heterocycles. The Morgan fingerprint density at radius 3 is 2.63 bits per heavy atom. The first-order valence-corrected chi connectivity index (χ1v) is 9.47. The number of nitrogens with zero attached hydrogens (tertiary/aromatic N) is 3. The maximum atomic E-state index is 13.8. The highest BCUT2D eigenvalue weighted by Crippen LogP contribution is 2.38. The van der Waals surface area contributed by atoms with Crippen LogP contribution in [0.3, 0.4) is 0 Å². The van der Waals surface area contributed by atoms with Crippen LogP contribution in [0.5, 0.6) is 0 Å². The van der Waals surface area contributed by atoms with Gasteiger partial charge in [0.15, 0.2) is 0 Å². The molecule has 27 heavy (non-hydrogen) atoms. The van der Waals surface area contributed by atoms with Gasteiger partial charge in [-0.1, -0.05) is 18.2 Å². The number of nitrogens with one attached hydrogen (secondary N) is 1. The third-order valence-electron chi connectivity index (χ3n) is 5.99. The average Bonchev–Trinajstić information content (AvgIpc) is 3.33. The van der Waals surface area contributed by atoms with Crippen LogP contribution < -0.4 is 5.32 Å². The summed E-state index contributed by atoms with van der Waals surface area (Å²) in [6.07, 6.45) is 2.82. The van der Waals surface area contributed by atoms with E-state index in [0.717, 1.165) is 44.3 Å². The van der Waals surface area contributed by atoms with Gasteiger partial charge in [0.25, 0.3) is 12.3 Å². The molecule has 4 rings (SSSR count). The molecule has 1 aromatic heterocycles. The van der Waals surface area contributed by atoms with E-state index in [1.807, 2.05) is 19.1 Å². The fourth-order valence-electron chi connectivity index (χ4n) is 4.59. The number of aryl methyl sites for hydroxylation is 1. The molecule has 2 aliphatic heterocycles. The number of hydrogen-bond acceptors (Lipinski definition) is 3. The molecule has 1 amide bonds. The lowest BCUT2D eigenvalue weighted by atomic mass is 9.94. The molecule has 5 nitrogen and oxygen atoms in total. The molecule has 7 heteroatoms. The Bertz CT molecular complexity index is 838. The molecule has 0 aliphatic carbocycles. The summed E-state index contributed by atoms with van der Waals surface area (Å²) in [5.41, 5.74) is 0.984. The van der Waals surface area contributed by atoms with Crippen LogP contribution in [0.1, 0.15) is 53.7 Å². The van der Waals surface area contributed by atoms with Crippen molar-refractivity contribution in [1.82, 2.24) is 20.0 Å². The van der Waals surface area contributed by atoms with E-state index in [2.05, 4.69) is 15.3 Å². The number of aromatic nitrogens is 2. The maximum absolute atomic E-state index is 13.8. The highest BCUT2D eigenvalue weighted by Gasteiger charge is 2.44. The second kappa shape index (κ2) is 7.03. The minimum atomic E-state index is -2.79. The first kappa shape index (κ1) is 18.1. The van der Waals surface area contributed by atoms with E-state index in [4.69, 9.17) is 0 Å². The number of carbonyl (C=O) groups is 1. The summed E-state index contributed by atoms with van der Waals surface area (Å²) >= 11 is 0. The maximum Gasteiger partial charge on any atom is 0.281 e. The van der Waals surface area contributed by atoms with Crippen LogP contribution in [0.4, 0.5) is 8.78 Å². The van der Waals surface area contributed by atoms with Gasteiger partial charge in [0.05, 0.1) is 17.4 Å². The Hall–Kier alpha value is -2.28. The quantitative estimate of drug-likeness (QED) is 0.872. The van der Waals surface area contributed by atoms with Gasteiger partial charge in [0, 0.05) is 12.1 Å². The average molecular weight is 374 g/mol. The number of halogens is 2. The van der Waals surface area contributed by atoms with E-state index in [-0.39, 0.29) is 16.8 Å². The molecule has 0 unspecified atom stereocenters. The molecule has 3 heterocycles. The molecule has 1 N–H and O–H groups in total. The van der Waals surface area contributed by atoms with E-state index in [1.165, 1.54) is 10.9 Å². The monoisotopic (exact) mass is 374 g/mol. The molecule has 0 atom stereocenters. The Morgan fingerprint density at radius 2 is 1.96 bits per heavy atom. The predicted octanol–water partition coefficient (Wildman–Crippen LogP) is 3.48. The molecular formula is C20H24F2N4O.